The predicted octanol–water partition coefficient (Wildman–Crippen LogP) is 9.42. The number of halogens is 5. The summed E-state index contributed by atoms with van der Waals surface area (Å²) in [5, 5.41) is 5.83. The smallest absolute Gasteiger partial charge is 0.347 e. The number of carbonyl (C=O) groups excluding carboxylic acids is 2. The van der Waals surface area contributed by atoms with E-state index in [9.17, 15) is 9.59 Å². The van der Waals surface area contributed by atoms with Gasteiger partial charge >= 0.3 is 5.97 Å². The number of ether oxygens (including phenoxy) is 2. The van der Waals surface area contributed by atoms with Crippen LogP contribution in [0.5, 0.6) is 11.5 Å². The Morgan fingerprint density at radius 1 is 0.952 bits per heavy atom. The monoisotopic (exact) mass is 791 g/mol. The van der Waals surface area contributed by atoms with Crippen LogP contribution in [0.3, 0.4) is 0 Å². The van der Waals surface area contributed by atoms with E-state index < -0.39 is 11.9 Å². The maximum Gasteiger partial charge on any atom is 0.347 e. The number of nitrogens with one attached hydrogen (secondary N) is 2. The fraction of sp³-hybridized carbons (Fsp3) is 0.0333. The third-order valence-corrected chi connectivity index (χ3v) is 8.22. The molecule has 1 heterocycles. The van der Waals surface area contributed by atoms with Crippen LogP contribution >= 0.6 is 71.0 Å². The summed E-state index contributed by atoms with van der Waals surface area (Å²) >= 11 is 23.0. The Kier molecular flexibility index (Phi) is 9.39. The molecule has 7 nitrogen and oxygen atoms in total. The van der Waals surface area contributed by atoms with Crippen molar-refractivity contribution in [2.24, 2.45) is 5.10 Å². The summed E-state index contributed by atoms with van der Waals surface area (Å²) in [4.78, 5) is 29.7. The van der Waals surface area contributed by atoms with E-state index in [2.05, 4.69) is 63.3 Å². The summed E-state index contributed by atoms with van der Waals surface area (Å²) in [6.45, 7) is 0. The molecule has 0 aliphatic heterocycles. The maximum atomic E-state index is 13.4. The number of aromatic amines is 1. The van der Waals surface area contributed by atoms with Gasteiger partial charge in [0.05, 0.1) is 17.8 Å². The maximum absolute atomic E-state index is 13.4. The molecule has 0 fully saturated rings. The molecule has 0 saturated heterocycles. The van der Waals surface area contributed by atoms with Crippen molar-refractivity contribution in [3.63, 3.8) is 0 Å². The minimum Gasteiger partial charge on any atom is -0.496 e. The zero-order chi connectivity index (χ0) is 30.0. The number of hydrogen-bond donors (Lipinski definition) is 2. The predicted molar refractivity (Wildman–Crippen MR) is 176 cm³/mol. The zero-order valence-electron chi connectivity index (χ0n) is 21.5. The Hall–Kier alpha value is -3.15. The standard InChI is InChI=1S/C30H18Br3Cl2N3O4/c1-41-25-9-7-18(34)13-21(25)30(40)42-28-15(10-17(32)12-22(28)33)14-36-38-29(39)27-26(19-4-2-3-5-23(19)35)20-11-16(31)6-8-24(20)37-27/h2-14,37H,1H3,(H,38,39). The molecule has 5 rings (SSSR count). The normalized spacial score (nSPS) is 11.2. The lowest BCUT2D eigenvalue weighted by atomic mass is 10.0. The Labute approximate surface area is 275 Å². The molecule has 5 aromatic rings. The molecular weight excluding hydrogens is 777 g/mol. The SMILES string of the molecule is COc1ccc(Cl)cc1C(=O)Oc1c(Br)cc(Br)cc1C=NNC(=O)c1[nH]c2ccc(Br)cc2c1-c1ccccc1Cl. The number of nitrogens with zero attached hydrogens (tertiary/aromatic N) is 1. The van der Waals surface area contributed by atoms with Gasteiger partial charge in [-0.2, -0.15) is 5.10 Å². The molecule has 212 valence electrons. The van der Waals surface area contributed by atoms with Gasteiger partial charge in [-0.1, -0.05) is 73.3 Å². The molecule has 0 saturated carbocycles. The van der Waals surface area contributed by atoms with Gasteiger partial charge < -0.3 is 14.5 Å². The van der Waals surface area contributed by atoms with E-state index in [0.29, 0.717) is 41.4 Å². The highest BCUT2D eigenvalue weighted by Gasteiger charge is 2.22. The van der Waals surface area contributed by atoms with Crippen LogP contribution < -0.4 is 14.9 Å². The van der Waals surface area contributed by atoms with Gasteiger partial charge in [-0.25, -0.2) is 10.2 Å². The third kappa shape index (κ3) is 6.43. The molecule has 4 aromatic carbocycles. The first-order valence-corrected chi connectivity index (χ1v) is 15.2. The molecule has 0 atom stereocenters. The van der Waals surface area contributed by atoms with E-state index >= 15 is 0 Å². The van der Waals surface area contributed by atoms with Gasteiger partial charge in [-0.05, 0) is 70.5 Å². The van der Waals surface area contributed by atoms with Gasteiger partial charge in [-0.15, -0.1) is 0 Å². The molecule has 1 amide bonds. The summed E-state index contributed by atoms with van der Waals surface area (Å²) in [5.41, 5.74) is 5.48. The van der Waals surface area contributed by atoms with Crippen molar-refractivity contribution in [1.82, 2.24) is 10.4 Å². The van der Waals surface area contributed by atoms with E-state index in [1.807, 2.05) is 36.4 Å². The first-order chi connectivity index (χ1) is 20.2. The van der Waals surface area contributed by atoms with Crippen molar-refractivity contribution in [2.45, 2.75) is 0 Å². The lowest BCUT2D eigenvalue weighted by Crippen LogP contribution is -2.19. The summed E-state index contributed by atoms with van der Waals surface area (Å²) < 4.78 is 13.0. The first-order valence-electron chi connectivity index (χ1n) is 12.1. The Balaban J connectivity index is 1.46. The first kappa shape index (κ1) is 30.3. The second kappa shape index (κ2) is 13.0. The van der Waals surface area contributed by atoms with Crippen LogP contribution in [0.25, 0.3) is 22.0 Å². The fourth-order valence-corrected chi connectivity index (χ4v) is 6.37. The molecule has 0 aliphatic carbocycles. The van der Waals surface area contributed by atoms with Gasteiger partial charge in [0, 0.05) is 46.6 Å². The van der Waals surface area contributed by atoms with E-state index in [1.54, 1.807) is 30.3 Å². The number of hydrogen-bond acceptors (Lipinski definition) is 5. The van der Waals surface area contributed by atoms with Crippen LogP contribution in [-0.4, -0.2) is 30.2 Å². The van der Waals surface area contributed by atoms with Crippen LogP contribution in [0.4, 0.5) is 0 Å². The van der Waals surface area contributed by atoms with Gasteiger partial charge in [-0.3, -0.25) is 4.79 Å². The highest BCUT2D eigenvalue weighted by atomic mass is 79.9. The van der Waals surface area contributed by atoms with E-state index in [0.717, 1.165) is 15.4 Å². The number of H-pyrrole nitrogens is 1. The largest absolute Gasteiger partial charge is 0.496 e. The van der Waals surface area contributed by atoms with Crippen LogP contribution in [-0.2, 0) is 0 Å². The number of aromatic nitrogens is 1. The quantitative estimate of drug-likeness (QED) is 0.0744. The molecule has 0 spiro atoms. The second-order valence-electron chi connectivity index (χ2n) is 8.78. The second-order valence-corrected chi connectivity index (χ2v) is 12.3. The Morgan fingerprint density at radius 2 is 1.74 bits per heavy atom. The molecular formula is C30H18Br3Cl2N3O4. The number of benzene rings is 4. The highest BCUT2D eigenvalue weighted by Crippen LogP contribution is 2.38. The van der Waals surface area contributed by atoms with Gasteiger partial charge in [0.2, 0.25) is 0 Å². The molecule has 0 radical (unpaired) electrons. The molecule has 2 N–H and O–H groups in total. The fourth-order valence-electron chi connectivity index (χ4n) is 4.27. The number of fused-ring (bicyclic) bond motifs is 1. The van der Waals surface area contributed by atoms with Gasteiger partial charge in [0.25, 0.3) is 5.91 Å². The van der Waals surface area contributed by atoms with Crippen LogP contribution in [0.1, 0.15) is 26.4 Å². The number of rotatable bonds is 7. The summed E-state index contributed by atoms with van der Waals surface area (Å²) in [6, 6.07) is 21.0. The highest BCUT2D eigenvalue weighted by molar-refractivity contribution is 9.11. The van der Waals surface area contributed by atoms with Crippen LogP contribution in [0.15, 0.2) is 91.3 Å². The van der Waals surface area contributed by atoms with Gasteiger partial charge in [0.1, 0.15) is 17.0 Å². The molecule has 0 bridgehead atoms. The van der Waals surface area contributed by atoms with E-state index in [4.69, 9.17) is 32.7 Å². The number of esters is 1. The minimum atomic E-state index is -0.690. The van der Waals surface area contributed by atoms with E-state index in [1.165, 1.54) is 19.4 Å². The number of methoxy groups -OCH3 is 1. The Bertz CT molecular complexity index is 1890. The Morgan fingerprint density at radius 3 is 2.50 bits per heavy atom. The summed E-state index contributed by atoms with van der Waals surface area (Å²) in [6.07, 6.45) is 1.37. The van der Waals surface area contributed by atoms with Crippen molar-refractivity contribution in [1.29, 1.82) is 0 Å². The number of carbonyl (C=O) groups is 2. The lowest BCUT2D eigenvalue weighted by molar-refractivity contribution is 0.0729. The van der Waals surface area contributed by atoms with Crippen molar-refractivity contribution in [2.75, 3.05) is 7.11 Å². The summed E-state index contributed by atoms with van der Waals surface area (Å²) in [7, 11) is 1.44. The number of amides is 1. The lowest BCUT2D eigenvalue weighted by Gasteiger charge is -2.12. The average molecular weight is 795 g/mol. The van der Waals surface area contributed by atoms with Crippen molar-refractivity contribution in [3.05, 3.63) is 113 Å². The molecule has 42 heavy (non-hydrogen) atoms. The molecule has 0 aliphatic rings. The summed E-state index contributed by atoms with van der Waals surface area (Å²) in [5.74, 6) is -0.704. The van der Waals surface area contributed by atoms with Crippen molar-refractivity contribution >= 4 is 100.0 Å². The minimum absolute atomic E-state index is 0.147. The van der Waals surface area contributed by atoms with Gasteiger partial charge in [0.15, 0.2) is 5.75 Å². The van der Waals surface area contributed by atoms with Crippen molar-refractivity contribution < 1.29 is 19.1 Å². The van der Waals surface area contributed by atoms with Crippen LogP contribution in [0, 0.1) is 0 Å². The number of hydrazone groups is 1. The topological polar surface area (TPSA) is 92.8 Å². The zero-order valence-corrected chi connectivity index (χ0v) is 27.7. The van der Waals surface area contributed by atoms with Crippen molar-refractivity contribution in [3.8, 4) is 22.6 Å². The van der Waals surface area contributed by atoms with E-state index in [-0.39, 0.29) is 17.0 Å². The average Bonchev–Trinajstić information content (AvgIpc) is 3.33. The molecule has 12 heteroatoms. The van der Waals surface area contributed by atoms with Crippen LogP contribution in [0.2, 0.25) is 10.0 Å². The molecule has 0 unspecified atom stereocenters. The third-order valence-electron chi connectivity index (χ3n) is 6.11. The molecule has 1 aromatic heterocycles.